The fourth-order valence-electron chi connectivity index (χ4n) is 6.43. The number of hydroxylamine groups is 2. The lowest BCUT2D eigenvalue weighted by Crippen LogP contribution is -2.58. The van der Waals surface area contributed by atoms with Gasteiger partial charge in [0.1, 0.15) is 43.4 Å². The van der Waals surface area contributed by atoms with E-state index in [1.807, 2.05) is 12.1 Å². The Labute approximate surface area is 354 Å². The third kappa shape index (κ3) is 10.4. The van der Waals surface area contributed by atoms with E-state index < -0.39 is 50.9 Å². The number of hydrogen-bond donors (Lipinski definition) is 0. The van der Waals surface area contributed by atoms with Crippen molar-refractivity contribution < 1.29 is 45.4 Å². The van der Waals surface area contributed by atoms with E-state index in [-0.39, 0.29) is 50.0 Å². The molecule has 23 heteroatoms. The maximum atomic E-state index is 13.2. The van der Waals surface area contributed by atoms with Crippen molar-refractivity contribution in [3.05, 3.63) is 84.5 Å². The standard InChI is InChI=1S/C18H19Cl2F3N4O3.C18H19Cl2F3N4O2/c1-11-16(20)17(18(21,22)23)24-26(11)10-15(28)25-5-7-27(29,8-6-25)12-3-4-13(19)14(9-12)30-2;1-11-16(20)17(18(21,22)23)24-27(11)10-15(28)26-7-5-25(6-8-26)12-3-4-13(19)14(9-12)29-2/h3-4,9H,5-8,10H2,1-2H3;3-4,9H,5-8,10H2,1-2H3. The summed E-state index contributed by atoms with van der Waals surface area (Å²) in [6, 6.07) is 10.2. The summed E-state index contributed by atoms with van der Waals surface area (Å²) in [7, 11) is 2.99. The SMILES string of the molecule is COc1cc(N2CCN(C(=O)Cn3nc(C(F)(F)F)c(Cl)c3C)CC2)ccc1Cl.COc1cc([N+]2([O-])CCN(C(=O)Cn3nc(C(F)(F)F)c(Cl)c3C)CC2)ccc1Cl. The number of alkyl halides is 6. The van der Waals surface area contributed by atoms with Crippen molar-refractivity contribution in [3.63, 3.8) is 0 Å². The number of anilines is 1. The fourth-order valence-corrected chi connectivity index (χ4v) is 7.31. The van der Waals surface area contributed by atoms with Gasteiger partial charge in [-0.2, -0.15) is 36.5 Å². The van der Waals surface area contributed by atoms with Crippen LogP contribution in [0.4, 0.5) is 37.7 Å². The van der Waals surface area contributed by atoms with Crippen molar-refractivity contribution in [2.45, 2.75) is 39.3 Å². The van der Waals surface area contributed by atoms with Gasteiger partial charge < -0.3 is 34.0 Å². The number of ether oxygens (including phenoxy) is 2. The van der Waals surface area contributed by atoms with Crippen LogP contribution in [0.25, 0.3) is 0 Å². The summed E-state index contributed by atoms with van der Waals surface area (Å²) in [5.74, 6) is 0.196. The predicted octanol–water partition coefficient (Wildman–Crippen LogP) is 7.75. The molecule has 0 saturated carbocycles. The number of amides is 2. The zero-order chi connectivity index (χ0) is 43.6. The van der Waals surface area contributed by atoms with Crippen LogP contribution in [-0.2, 0) is 35.0 Å². The molecule has 2 fully saturated rings. The fraction of sp³-hybridized carbons (Fsp3) is 0.444. The number of hydrogen-bond acceptors (Lipinski definition) is 8. The second-order valence-electron chi connectivity index (χ2n) is 13.5. The summed E-state index contributed by atoms with van der Waals surface area (Å²) in [5.41, 5.74) is -0.863. The third-order valence-electron chi connectivity index (χ3n) is 9.93. The minimum Gasteiger partial charge on any atom is -0.627 e. The van der Waals surface area contributed by atoms with Crippen molar-refractivity contribution >= 4 is 69.6 Å². The van der Waals surface area contributed by atoms with Crippen molar-refractivity contribution in [2.75, 3.05) is 71.5 Å². The largest absolute Gasteiger partial charge is 0.627 e. The van der Waals surface area contributed by atoms with Gasteiger partial charge in [0.15, 0.2) is 11.4 Å². The van der Waals surface area contributed by atoms with E-state index in [9.17, 15) is 41.1 Å². The third-order valence-corrected chi connectivity index (χ3v) is 11.5. The van der Waals surface area contributed by atoms with Crippen LogP contribution < -0.4 is 19.0 Å². The van der Waals surface area contributed by atoms with E-state index in [4.69, 9.17) is 55.9 Å². The van der Waals surface area contributed by atoms with Gasteiger partial charge in [-0.05, 0) is 32.0 Å². The van der Waals surface area contributed by atoms with Crippen molar-refractivity contribution in [1.29, 1.82) is 0 Å². The Morgan fingerprint density at radius 2 is 1.12 bits per heavy atom. The highest BCUT2D eigenvalue weighted by Crippen LogP contribution is 2.37. The second kappa shape index (κ2) is 18.2. The molecule has 13 nitrogen and oxygen atoms in total. The molecule has 6 rings (SSSR count). The van der Waals surface area contributed by atoms with Gasteiger partial charge in [-0.1, -0.05) is 46.4 Å². The number of rotatable bonds is 8. The molecule has 2 aliphatic heterocycles. The molecule has 322 valence electrons. The summed E-state index contributed by atoms with van der Waals surface area (Å²) < 4.78 is 89.3. The van der Waals surface area contributed by atoms with Gasteiger partial charge in [0.25, 0.3) is 0 Å². The number of carbonyl (C=O) groups is 2. The topological polar surface area (TPSA) is 121 Å². The quantitative estimate of drug-likeness (QED) is 0.100. The van der Waals surface area contributed by atoms with Crippen LogP contribution in [0.3, 0.4) is 0 Å². The first-order valence-electron chi connectivity index (χ1n) is 17.7. The molecule has 0 atom stereocenters. The number of halogens is 10. The summed E-state index contributed by atoms with van der Waals surface area (Å²) in [6.07, 6.45) is -9.37. The number of benzene rings is 2. The number of piperazine rings is 2. The lowest BCUT2D eigenvalue weighted by atomic mass is 10.2. The molecule has 2 aromatic carbocycles. The lowest BCUT2D eigenvalue weighted by Gasteiger charge is -2.47. The van der Waals surface area contributed by atoms with E-state index in [0.717, 1.165) is 15.1 Å². The van der Waals surface area contributed by atoms with Crippen molar-refractivity contribution in [3.8, 4) is 11.5 Å². The van der Waals surface area contributed by atoms with Gasteiger partial charge >= 0.3 is 12.4 Å². The highest BCUT2D eigenvalue weighted by atomic mass is 35.5. The van der Waals surface area contributed by atoms with Gasteiger partial charge in [0, 0.05) is 50.1 Å². The van der Waals surface area contributed by atoms with Gasteiger partial charge in [0.2, 0.25) is 11.8 Å². The Morgan fingerprint density at radius 3 is 1.54 bits per heavy atom. The van der Waals surface area contributed by atoms with E-state index in [1.165, 1.54) is 33.0 Å². The maximum absolute atomic E-state index is 13.2. The Bertz CT molecular complexity index is 2170. The number of methoxy groups -OCH3 is 2. The molecular weight excluding hydrogens is 880 g/mol. The zero-order valence-electron chi connectivity index (χ0n) is 31.9. The molecule has 2 aliphatic rings. The number of carbonyl (C=O) groups excluding carboxylic acids is 2. The molecule has 0 radical (unpaired) electrons. The zero-order valence-corrected chi connectivity index (χ0v) is 35.0. The molecule has 2 saturated heterocycles. The molecule has 0 bridgehead atoms. The number of nitrogens with zero attached hydrogens (tertiary/aromatic N) is 8. The van der Waals surface area contributed by atoms with Gasteiger partial charge in [-0.3, -0.25) is 19.0 Å². The molecule has 2 amide bonds. The number of aromatic nitrogens is 4. The lowest BCUT2D eigenvalue weighted by molar-refractivity contribution is -0.142. The average molecular weight is 919 g/mol. The Kier molecular flexibility index (Phi) is 14.2. The second-order valence-corrected chi connectivity index (χ2v) is 15.1. The smallest absolute Gasteiger partial charge is 0.436 e. The van der Waals surface area contributed by atoms with E-state index in [0.29, 0.717) is 53.4 Å². The first-order valence-corrected chi connectivity index (χ1v) is 19.3. The van der Waals surface area contributed by atoms with Gasteiger partial charge in [0.05, 0.1) is 58.8 Å². The molecule has 0 aliphatic carbocycles. The van der Waals surface area contributed by atoms with Crippen molar-refractivity contribution in [2.24, 2.45) is 0 Å². The van der Waals surface area contributed by atoms with Crippen LogP contribution >= 0.6 is 46.4 Å². The molecule has 2 aromatic heterocycles. The molecule has 59 heavy (non-hydrogen) atoms. The Morgan fingerprint density at radius 1 is 0.695 bits per heavy atom. The highest BCUT2D eigenvalue weighted by Gasteiger charge is 2.40. The van der Waals surface area contributed by atoms with Crippen LogP contribution in [0, 0.1) is 19.1 Å². The van der Waals surface area contributed by atoms with Crippen LogP contribution in [0.15, 0.2) is 36.4 Å². The molecule has 0 spiro atoms. The van der Waals surface area contributed by atoms with Gasteiger partial charge in [-0.15, -0.1) is 0 Å². The molecule has 0 unspecified atom stereocenters. The Balaban J connectivity index is 0.000000224. The summed E-state index contributed by atoms with van der Waals surface area (Å²) in [5, 5.41) is 20.0. The maximum Gasteiger partial charge on any atom is 0.436 e. The Hall–Kier alpha value is -4.14. The molecular formula is C36H38Cl4F6N8O5. The predicted molar refractivity (Wildman–Crippen MR) is 210 cm³/mol. The molecule has 0 N–H and O–H groups in total. The van der Waals surface area contributed by atoms with E-state index in [2.05, 4.69) is 15.1 Å². The van der Waals surface area contributed by atoms with E-state index >= 15 is 0 Å². The minimum absolute atomic E-state index is 0.0524. The van der Waals surface area contributed by atoms with Crippen LogP contribution in [0.1, 0.15) is 22.8 Å². The molecule has 4 heterocycles. The highest BCUT2D eigenvalue weighted by molar-refractivity contribution is 6.33. The van der Waals surface area contributed by atoms with Crippen LogP contribution in [-0.4, -0.2) is 108 Å². The van der Waals surface area contributed by atoms with Crippen molar-refractivity contribution in [1.82, 2.24) is 34.0 Å². The summed E-state index contributed by atoms with van der Waals surface area (Å²) >= 11 is 23.5. The average Bonchev–Trinajstić information content (AvgIpc) is 3.64. The monoisotopic (exact) mass is 916 g/mol. The number of quaternary nitrogens is 1. The van der Waals surface area contributed by atoms with Gasteiger partial charge in [-0.25, -0.2) is 0 Å². The van der Waals surface area contributed by atoms with E-state index in [1.54, 1.807) is 29.2 Å². The van der Waals surface area contributed by atoms with Crippen LogP contribution in [0.5, 0.6) is 11.5 Å². The first kappa shape index (κ1) is 45.9. The normalized spacial score (nSPS) is 15.8. The minimum atomic E-state index is -4.71. The molecule has 4 aromatic rings. The summed E-state index contributed by atoms with van der Waals surface area (Å²) in [4.78, 5) is 30.3. The first-order chi connectivity index (χ1) is 27.6. The summed E-state index contributed by atoms with van der Waals surface area (Å²) in [6.45, 7) is 4.56. The van der Waals surface area contributed by atoms with Crippen LogP contribution in [0.2, 0.25) is 20.1 Å².